The highest BCUT2D eigenvalue weighted by Crippen LogP contribution is 2.18. The average Bonchev–Trinajstić information content (AvgIpc) is 3.22. The van der Waals surface area contributed by atoms with Crippen molar-refractivity contribution < 1.29 is 9.59 Å². The lowest BCUT2D eigenvalue weighted by atomic mass is 10.1. The van der Waals surface area contributed by atoms with Crippen LogP contribution in [0.25, 0.3) is 0 Å². The molecule has 160 valence electrons. The van der Waals surface area contributed by atoms with E-state index in [1.165, 1.54) is 25.5 Å². The Balaban J connectivity index is 1.82. The fraction of sp³-hybridized carbons (Fsp3) is 0.619. The monoisotopic (exact) mass is 402 g/mol. The second-order valence-electron chi connectivity index (χ2n) is 7.50. The zero-order chi connectivity index (χ0) is 21.1. The maximum absolute atomic E-state index is 12.8. The first-order valence-electron chi connectivity index (χ1n) is 10.6. The number of nitrogens with two attached hydrogens (primary N) is 1. The van der Waals surface area contributed by atoms with Crippen LogP contribution in [0.15, 0.2) is 23.4 Å². The first-order chi connectivity index (χ1) is 14.1. The molecule has 0 bridgehead atoms. The third-order valence-corrected chi connectivity index (χ3v) is 5.20. The molecule has 2 amide bonds. The summed E-state index contributed by atoms with van der Waals surface area (Å²) in [5, 5.41) is 9.66. The van der Waals surface area contributed by atoms with Gasteiger partial charge >= 0.3 is 0 Å². The maximum Gasteiger partial charge on any atom is 0.243 e. The Morgan fingerprint density at radius 2 is 2.21 bits per heavy atom. The minimum atomic E-state index is -0.407. The number of hydrogen-bond donors (Lipinski definition) is 3. The van der Waals surface area contributed by atoms with Crippen LogP contribution >= 0.6 is 0 Å². The summed E-state index contributed by atoms with van der Waals surface area (Å²) >= 11 is 0. The van der Waals surface area contributed by atoms with Crippen LogP contribution in [0.2, 0.25) is 0 Å². The van der Waals surface area contributed by atoms with Crippen LogP contribution in [-0.2, 0) is 16.1 Å². The van der Waals surface area contributed by atoms with Gasteiger partial charge in [0, 0.05) is 18.3 Å². The van der Waals surface area contributed by atoms with Crippen LogP contribution in [0.3, 0.4) is 0 Å². The molecule has 1 fully saturated rings. The summed E-state index contributed by atoms with van der Waals surface area (Å²) in [7, 11) is 0. The molecule has 29 heavy (non-hydrogen) atoms. The summed E-state index contributed by atoms with van der Waals surface area (Å²) < 4.78 is 0. The molecule has 2 heterocycles. The molecule has 1 aromatic heterocycles. The van der Waals surface area contributed by atoms with Crippen LogP contribution in [0.4, 0.5) is 0 Å². The van der Waals surface area contributed by atoms with Gasteiger partial charge in [-0.2, -0.15) is 5.10 Å². The third-order valence-electron chi connectivity index (χ3n) is 5.20. The summed E-state index contributed by atoms with van der Waals surface area (Å²) in [6.07, 6.45) is 9.36. The van der Waals surface area contributed by atoms with Gasteiger partial charge in [0.05, 0.1) is 24.5 Å². The van der Waals surface area contributed by atoms with E-state index in [1.54, 1.807) is 11.1 Å². The smallest absolute Gasteiger partial charge is 0.243 e. The van der Waals surface area contributed by atoms with Gasteiger partial charge in [0.25, 0.3) is 0 Å². The topological polar surface area (TPSA) is 113 Å². The number of nitrogens with one attached hydrogen (secondary N) is 2. The normalized spacial score (nSPS) is 17.6. The van der Waals surface area contributed by atoms with Gasteiger partial charge in [-0.1, -0.05) is 26.2 Å². The second kappa shape index (κ2) is 12.2. The molecule has 0 aliphatic carbocycles. The zero-order valence-corrected chi connectivity index (χ0v) is 17.6. The first-order valence-corrected chi connectivity index (χ1v) is 10.6. The molecule has 0 spiro atoms. The number of carbonyl (C=O) groups is 2. The number of aromatic nitrogens is 1. The Kier molecular flexibility index (Phi) is 9.56. The van der Waals surface area contributed by atoms with Crippen molar-refractivity contribution in [3.8, 4) is 0 Å². The Morgan fingerprint density at radius 1 is 1.38 bits per heavy atom. The lowest BCUT2D eigenvalue weighted by Crippen LogP contribution is -2.51. The molecule has 8 nitrogen and oxygen atoms in total. The van der Waals surface area contributed by atoms with Gasteiger partial charge in [-0.3, -0.25) is 14.6 Å². The standard InChI is InChI=1S/C21H34N6O2/c1-3-4-5-6-11-23-16(2)21(29)27-12-7-8-19(27)20(28)25-15-18-10-9-17(13-24-18)14-26-22/h9-10,13-14,16,19,23H,3-8,11-12,15,22H2,1-2H3,(H,25,28)/t16-,19-/m0/s1. The van der Waals surface area contributed by atoms with Gasteiger partial charge in [0.15, 0.2) is 0 Å². The predicted octanol–water partition coefficient (Wildman–Crippen LogP) is 1.54. The van der Waals surface area contributed by atoms with Crippen molar-refractivity contribution in [2.75, 3.05) is 13.1 Å². The first kappa shape index (κ1) is 22.8. The van der Waals surface area contributed by atoms with Crippen LogP contribution in [0, 0.1) is 0 Å². The molecule has 0 radical (unpaired) electrons. The van der Waals surface area contributed by atoms with Crippen LogP contribution in [0.1, 0.15) is 63.6 Å². The Bertz CT molecular complexity index is 676. The number of likely N-dealkylation sites (tertiary alicyclic amines) is 1. The predicted molar refractivity (Wildman–Crippen MR) is 114 cm³/mol. The van der Waals surface area contributed by atoms with E-state index >= 15 is 0 Å². The van der Waals surface area contributed by atoms with E-state index in [0.29, 0.717) is 19.5 Å². The largest absolute Gasteiger partial charge is 0.349 e. The van der Waals surface area contributed by atoms with Gasteiger partial charge < -0.3 is 21.4 Å². The molecule has 8 heteroatoms. The Labute approximate surface area is 173 Å². The highest BCUT2D eigenvalue weighted by Gasteiger charge is 2.35. The Hall–Kier alpha value is -2.48. The van der Waals surface area contributed by atoms with Gasteiger partial charge in [0.2, 0.25) is 11.8 Å². The van der Waals surface area contributed by atoms with E-state index in [9.17, 15) is 9.59 Å². The molecule has 1 saturated heterocycles. The van der Waals surface area contributed by atoms with Crippen molar-refractivity contribution in [1.29, 1.82) is 0 Å². The van der Waals surface area contributed by atoms with Crippen LogP contribution in [-0.4, -0.2) is 53.1 Å². The average molecular weight is 403 g/mol. The van der Waals surface area contributed by atoms with Crippen molar-refractivity contribution in [3.05, 3.63) is 29.6 Å². The molecule has 2 rings (SSSR count). The summed E-state index contributed by atoms with van der Waals surface area (Å²) in [4.78, 5) is 31.5. The van der Waals surface area contributed by atoms with E-state index in [0.717, 1.165) is 30.6 Å². The molecule has 1 aromatic rings. The SMILES string of the molecule is CCCCCCN[C@@H](C)C(=O)N1CCC[C@H]1C(=O)NCc1ccc(C=NN)cn1. The fourth-order valence-corrected chi connectivity index (χ4v) is 3.51. The molecule has 1 aliphatic rings. The van der Waals surface area contributed by atoms with Crippen molar-refractivity contribution in [2.24, 2.45) is 10.9 Å². The number of carbonyl (C=O) groups excluding carboxylic acids is 2. The summed E-state index contributed by atoms with van der Waals surface area (Å²) in [6, 6.07) is 2.97. The molecular formula is C21H34N6O2. The number of hydrazone groups is 1. The number of pyridine rings is 1. The van der Waals surface area contributed by atoms with E-state index in [1.807, 2.05) is 19.1 Å². The zero-order valence-electron chi connectivity index (χ0n) is 17.6. The maximum atomic E-state index is 12.8. The number of nitrogens with zero attached hydrogens (tertiary/aromatic N) is 3. The van der Waals surface area contributed by atoms with Gasteiger partial charge in [-0.15, -0.1) is 0 Å². The minimum Gasteiger partial charge on any atom is -0.349 e. The van der Waals surface area contributed by atoms with Crippen molar-refractivity contribution in [1.82, 2.24) is 20.5 Å². The minimum absolute atomic E-state index is 0.00157. The van der Waals surface area contributed by atoms with E-state index < -0.39 is 6.04 Å². The van der Waals surface area contributed by atoms with Gasteiger partial charge in [-0.25, -0.2) is 0 Å². The fourth-order valence-electron chi connectivity index (χ4n) is 3.51. The van der Waals surface area contributed by atoms with Gasteiger partial charge in [0.1, 0.15) is 6.04 Å². The molecule has 1 aliphatic heterocycles. The summed E-state index contributed by atoms with van der Waals surface area (Å²) in [6.45, 7) is 5.84. The molecular weight excluding hydrogens is 368 g/mol. The number of hydrogen-bond acceptors (Lipinski definition) is 6. The van der Waals surface area contributed by atoms with Crippen molar-refractivity contribution in [2.45, 2.75) is 71.0 Å². The molecule has 0 aromatic carbocycles. The number of amides is 2. The van der Waals surface area contributed by atoms with E-state index in [-0.39, 0.29) is 17.9 Å². The number of rotatable bonds is 11. The van der Waals surface area contributed by atoms with Crippen LogP contribution in [0.5, 0.6) is 0 Å². The van der Waals surface area contributed by atoms with Crippen molar-refractivity contribution in [3.63, 3.8) is 0 Å². The summed E-state index contributed by atoms with van der Waals surface area (Å²) in [5.74, 6) is 5.00. The molecule has 4 N–H and O–H groups in total. The number of unbranched alkanes of at least 4 members (excludes halogenated alkanes) is 3. The molecule has 2 atom stereocenters. The highest BCUT2D eigenvalue weighted by molar-refractivity contribution is 5.90. The summed E-state index contributed by atoms with van der Waals surface area (Å²) in [5.41, 5.74) is 1.54. The lowest BCUT2D eigenvalue weighted by Gasteiger charge is -2.27. The van der Waals surface area contributed by atoms with E-state index in [4.69, 9.17) is 5.84 Å². The van der Waals surface area contributed by atoms with E-state index in [2.05, 4.69) is 27.6 Å². The van der Waals surface area contributed by atoms with Crippen molar-refractivity contribution >= 4 is 18.0 Å². The third kappa shape index (κ3) is 7.12. The van der Waals surface area contributed by atoms with Gasteiger partial charge in [-0.05, 0) is 44.9 Å². The highest BCUT2D eigenvalue weighted by atomic mass is 16.2. The Morgan fingerprint density at radius 3 is 2.90 bits per heavy atom. The lowest BCUT2D eigenvalue weighted by molar-refractivity contribution is -0.139. The molecule has 0 unspecified atom stereocenters. The quantitative estimate of drug-likeness (QED) is 0.225. The molecule has 0 saturated carbocycles. The second-order valence-corrected chi connectivity index (χ2v) is 7.50. The van der Waals surface area contributed by atoms with Crippen LogP contribution < -0.4 is 16.5 Å².